The summed E-state index contributed by atoms with van der Waals surface area (Å²) in [5.74, 6) is 2.41. The van der Waals surface area contributed by atoms with E-state index in [1.807, 2.05) is 25.1 Å². The Kier molecular flexibility index (Phi) is 4.65. The minimum Gasteiger partial charge on any atom is -0.461 e. The number of aryl methyl sites for hydroxylation is 1. The first-order chi connectivity index (χ1) is 12.5. The molecule has 1 saturated carbocycles. The molecule has 2 aliphatic rings. The highest BCUT2D eigenvalue weighted by Crippen LogP contribution is 2.26. The second-order valence-corrected chi connectivity index (χ2v) is 9.60. The molecule has 2 heterocycles. The summed E-state index contributed by atoms with van der Waals surface area (Å²) in [4.78, 5) is 4.74. The minimum atomic E-state index is -2.84. The minimum absolute atomic E-state index is 0.169. The van der Waals surface area contributed by atoms with Gasteiger partial charge in [0.25, 0.3) is 0 Å². The van der Waals surface area contributed by atoms with Gasteiger partial charge in [-0.1, -0.05) is 18.2 Å². The van der Waals surface area contributed by atoms with Gasteiger partial charge >= 0.3 is 0 Å². The maximum Gasteiger partial charge on any atom is 0.191 e. The first kappa shape index (κ1) is 17.4. The molecule has 0 bridgehead atoms. The predicted molar refractivity (Wildman–Crippen MR) is 103 cm³/mol. The van der Waals surface area contributed by atoms with Crippen LogP contribution < -0.4 is 10.6 Å². The molecule has 140 valence electrons. The number of aliphatic imine (C=N–C) groups is 1. The summed E-state index contributed by atoms with van der Waals surface area (Å²) in [5.41, 5.74) is 1.98. The zero-order valence-electron chi connectivity index (χ0n) is 15.0. The van der Waals surface area contributed by atoms with Gasteiger partial charge in [-0.3, -0.25) is 0 Å². The van der Waals surface area contributed by atoms with E-state index in [4.69, 9.17) is 9.41 Å². The Bertz CT molecular complexity index is 929. The summed E-state index contributed by atoms with van der Waals surface area (Å²) in [6.45, 7) is 3.15. The van der Waals surface area contributed by atoms with E-state index in [2.05, 4.69) is 16.7 Å². The number of rotatable bonds is 5. The lowest BCUT2D eigenvalue weighted by Gasteiger charge is -2.14. The largest absolute Gasteiger partial charge is 0.461 e. The Morgan fingerprint density at radius 3 is 2.81 bits per heavy atom. The Morgan fingerprint density at radius 1 is 1.27 bits per heavy atom. The number of hydrogen-bond acceptors (Lipinski definition) is 4. The van der Waals surface area contributed by atoms with E-state index in [1.54, 1.807) is 0 Å². The highest BCUT2D eigenvalue weighted by molar-refractivity contribution is 7.91. The van der Waals surface area contributed by atoms with E-state index >= 15 is 0 Å². The molecule has 1 aliphatic heterocycles. The van der Waals surface area contributed by atoms with E-state index in [0.717, 1.165) is 47.5 Å². The van der Waals surface area contributed by atoms with Crippen molar-refractivity contribution in [1.29, 1.82) is 0 Å². The fourth-order valence-corrected chi connectivity index (χ4v) is 5.29. The van der Waals surface area contributed by atoms with Crippen molar-refractivity contribution in [3.63, 3.8) is 0 Å². The molecule has 1 aromatic heterocycles. The third-order valence-corrected chi connectivity index (χ3v) is 6.94. The molecule has 1 aliphatic carbocycles. The number of benzene rings is 1. The molecule has 26 heavy (non-hydrogen) atoms. The van der Waals surface area contributed by atoms with E-state index < -0.39 is 9.84 Å². The smallest absolute Gasteiger partial charge is 0.191 e. The molecule has 0 radical (unpaired) electrons. The Balaban J connectivity index is 1.46. The average molecular weight is 375 g/mol. The molecule has 2 fully saturated rings. The number of nitrogens with one attached hydrogen (secondary N) is 2. The molecular weight excluding hydrogens is 350 g/mol. The van der Waals surface area contributed by atoms with Gasteiger partial charge in [-0.2, -0.15) is 0 Å². The van der Waals surface area contributed by atoms with Crippen LogP contribution in [0.2, 0.25) is 0 Å². The zero-order chi connectivity index (χ0) is 18.1. The van der Waals surface area contributed by atoms with Crippen LogP contribution in [0.5, 0.6) is 0 Å². The summed E-state index contributed by atoms with van der Waals surface area (Å²) in [6, 6.07) is 8.48. The predicted octanol–water partition coefficient (Wildman–Crippen LogP) is 2.37. The van der Waals surface area contributed by atoms with Gasteiger partial charge in [-0.25, -0.2) is 13.4 Å². The van der Waals surface area contributed by atoms with E-state index in [-0.39, 0.29) is 11.7 Å². The van der Waals surface area contributed by atoms with Gasteiger partial charge in [0, 0.05) is 23.5 Å². The first-order valence-corrected chi connectivity index (χ1v) is 11.0. The van der Waals surface area contributed by atoms with Crippen LogP contribution in [0.15, 0.2) is 33.7 Å². The SMILES string of the molecule is Cc1oc2ccccc2c1CN=C(NCC1CCS(=O)(=O)C1)NC1CC1. The summed E-state index contributed by atoms with van der Waals surface area (Å²) in [6.07, 6.45) is 3.05. The van der Waals surface area contributed by atoms with Crippen LogP contribution in [0.3, 0.4) is 0 Å². The summed E-state index contributed by atoms with van der Waals surface area (Å²) in [5, 5.41) is 7.87. The van der Waals surface area contributed by atoms with E-state index in [0.29, 0.717) is 24.9 Å². The molecule has 1 atom stereocenters. The number of fused-ring (bicyclic) bond motifs is 1. The molecule has 1 aromatic carbocycles. The highest BCUT2D eigenvalue weighted by Gasteiger charge is 2.28. The van der Waals surface area contributed by atoms with Gasteiger partial charge in [0.05, 0.1) is 18.1 Å². The maximum absolute atomic E-state index is 11.6. The highest BCUT2D eigenvalue weighted by atomic mass is 32.2. The Morgan fingerprint density at radius 2 is 2.08 bits per heavy atom. The van der Waals surface area contributed by atoms with Gasteiger partial charge in [-0.15, -0.1) is 0 Å². The summed E-state index contributed by atoms with van der Waals surface area (Å²) in [7, 11) is -2.84. The normalized spacial score (nSPS) is 22.7. The van der Waals surface area contributed by atoms with Crippen LogP contribution in [0, 0.1) is 12.8 Å². The van der Waals surface area contributed by atoms with Crippen molar-refractivity contribution >= 4 is 26.8 Å². The second kappa shape index (κ2) is 6.95. The monoisotopic (exact) mass is 375 g/mol. The van der Waals surface area contributed by atoms with Crippen molar-refractivity contribution in [2.75, 3.05) is 18.1 Å². The van der Waals surface area contributed by atoms with Crippen LogP contribution in [0.4, 0.5) is 0 Å². The fraction of sp³-hybridized carbons (Fsp3) is 0.526. The van der Waals surface area contributed by atoms with Gasteiger partial charge in [0.15, 0.2) is 15.8 Å². The summed E-state index contributed by atoms with van der Waals surface area (Å²) < 4.78 is 29.1. The third-order valence-electron chi connectivity index (χ3n) is 5.10. The van der Waals surface area contributed by atoms with Crippen LogP contribution >= 0.6 is 0 Å². The van der Waals surface area contributed by atoms with Gasteiger partial charge < -0.3 is 15.1 Å². The molecule has 2 N–H and O–H groups in total. The number of guanidine groups is 1. The number of nitrogens with zero attached hydrogens (tertiary/aromatic N) is 1. The van der Waals surface area contributed by atoms with E-state index in [1.165, 1.54) is 0 Å². The lowest BCUT2D eigenvalue weighted by atomic mass is 10.1. The second-order valence-electron chi connectivity index (χ2n) is 7.37. The number of hydrogen-bond donors (Lipinski definition) is 2. The van der Waals surface area contributed by atoms with Crippen molar-refractivity contribution in [1.82, 2.24) is 10.6 Å². The van der Waals surface area contributed by atoms with Crippen molar-refractivity contribution in [2.24, 2.45) is 10.9 Å². The molecule has 0 amide bonds. The molecular formula is C19H25N3O3S. The van der Waals surface area contributed by atoms with Crippen LogP contribution in [-0.2, 0) is 16.4 Å². The standard InChI is InChI=1S/C19H25N3O3S/c1-13-17(16-4-2-3-5-18(16)25-13)11-21-19(22-15-6-7-15)20-10-14-8-9-26(23,24)12-14/h2-5,14-15H,6-12H2,1H3,(H2,20,21,22). The Labute approximate surface area is 154 Å². The maximum atomic E-state index is 11.6. The van der Waals surface area contributed by atoms with Gasteiger partial charge in [0.1, 0.15) is 11.3 Å². The Hall–Kier alpha value is -2.02. The summed E-state index contributed by atoms with van der Waals surface area (Å²) >= 11 is 0. The molecule has 2 aromatic rings. The molecule has 1 unspecified atom stereocenters. The lowest BCUT2D eigenvalue weighted by molar-refractivity contribution is 0.564. The van der Waals surface area contributed by atoms with Crippen LogP contribution in [0.25, 0.3) is 11.0 Å². The number of para-hydroxylation sites is 1. The van der Waals surface area contributed by atoms with Crippen LogP contribution in [0.1, 0.15) is 30.6 Å². The number of sulfone groups is 1. The van der Waals surface area contributed by atoms with Crippen molar-refractivity contribution in [3.8, 4) is 0 Å². The third kappa shape index (κ3) is 4.03. The lowest BCUT2D eigenvalue weighted by Crippen LogP contribution is -2.41. The van der Waals surface area contributed by atoms with Crippen LogP contribution in [-0.4, -0.2) is 38.5 Å². The van der Waals surface area contributed by atoms with E-state index in [9.17, 15) is 8.42 Å². The topological polar surface area (TPSA) is 83.7 Å². The molecule has 0 spiro atoms. The quantitative estimate of drug-likeness (QED) is 0.619. The van der Waals surface area contributed by atoms with Crippen molar-refractivity contribution in [3.05, 3.63) is 35.6 Å². The van der Waals surface area contributed by atoms with Gasteiger partial charge in [-0.05, 0) is 38.2 Å². The average Bonchev–Trinajstić information content (AvgIpc) is 3.27. The molecule has 6 nitrogen and oxygen atoms in total. The molecule has 7 heteroatoms. The molecule has 1 saturated heterocycles. The first-order valence-electron chi connectivity index (χ1n) is 9.22. The van der Waals surface area contributed by atoms with Gasteiger partial charge in [0.2, 0.25) is 0 Å². The number of furan rings is 1. The fourth-order valence-electron chi connectivity index (χ4n) is 3.42. The molecule has 4 rings (SSSR count). The zero-order valence-corrected chi connectivity index (χ0v) is 15.8. The van der Waals surface area contributed by atoms with Crippen molar-refractivity contribution in [2.45, 2.75) is 38.8 Å². The van der Waals surface area contributed by atoms with Crippen molar-refractivity contribution < 1.29 is 12.8 Å².